The maximum atomic E-state index is 14.0. The molecule has 0 bridgehead atoms. The number of hydrogen-bond donors (Lipinski definition) is 2. The second-order valence-electron chi connectivity index (χ2n) is 8.69. The van der Waals surface area contributed by atoms with Crippen molar-refractivity contribution < 1.29 is 17.6 Å². The average Bonchev–Trinajstić information content (AvgIpc) is 3.54. The monoisotopic (exact) mass is 528 g/mol. The summed E-state index contributed by atoms with van der Waals surface area (Å²) in [4.78, 5) is 19.1. The number of anilines is 2. The molecule has 0 aliphatic carbocycles. The van der Waals surface area contributed by atoms with E-state index >= 15 is 0 Å². The number of halogens is 1. The van der Waals surface area contributed by atoms with E-state index in [1.807, 2.05) is 13.0 Å². The Hall–Kier alpha value is -3.51. The quantitative estimate of drug-likeness (QED) is 0.378. The van der Waals surface area contributed by atoms with Gasteiger partial charge in [0.05, 0.1) is 10.4 Å². The number of rotatable bonds is 7. The van der Waals surface area contributed by atoms with Crippen LogP contribution < -0.4 is 14.9 Å². The summed E-state index contributed by atoms with van der Waals surface area (Å²) >= 11 is 0.970. The fourth-order valence-electron chi connectivity index (χ4n) is 4.45. The highest BCUT2D eigenvalue weighted by Crippen LogP contribution is 2.25. The number of carbonyl (C=O) groups is 1. The van der Waals surface area contributed by atoms with Gasteiger partial charge < -0.3 is 14.8 Å². The lowest BCUT2D eigenvalue weighted by Gasteiger charge is -2.34. The van der Waals surface area contributed by atoms with Gasteiger partial charge in [-0.05, 0) is 62.2 Å². The van der Waals surface area contributed by atoms with E-state index in [1.165, 1.54) is 12.4 Å². The van der Waals surface area contributed by atoms with Crippen LogP contribution in [0.15, 0.2) is 66.0 Å². The van der Waals surface area contributed by atoms with Crippen LogP contribution in [0.4, 0.5) is 15.2 Å². The number of nitrogens with zero attached hydrogens (tertiary/aromatic N) is 4. The second-order valence-corrected chi connectivity index (χ2v) is 11.1. The van der Waals surface area contributed by atoms with Gasteiger partial charge >= 0.3 is 0 Å². The van der Waals surface area contributed by atoms with Gasteiger partial charge in [0.2, 0.25) is 11.0 Å². The largest absolute Gasteiger partial charge is 0.371 e. The standard InChI is InChI=1S/C24H25FN6O3S2/c1-16(31-14-11-20-21(25)3-2-4-22(20)31)23(32)28-17-9-12-30(13-10-17)18-5-7-19(8-6-18)36(33,34)29-24-26-15-27-35-24/h2-8,11,14-17H,9-10,12-13H2,1H3,(H,28,32)(H,26,27,29)/t16-/m0/s1. The zero-order valence-electron chi connectivity index (χ0n) is 19.5. The summed E-state index contributed by atoms with van der Waals surface area (Å²) in [6.07, 6.45) is 4.56. The first-order valence-corrected chi connectivity index (χ1v) is 13.8. The van der Waals surface area contributed by atoms with E-state index < -0.39 is 16.1 Å². The summed E-state index contributed by atoms with van der Waals surface area (Å²) in [6, 6.07) is 12.8. The molecule has 0 spiro atoms. The van der Waals surface area contributed by atoms with Crippen molar-refractivity contribution in [3.63, 3.8) is 0 Å². The number of nitrogens with one attached hydrogen (secondary N) is 2. The maximum absolute atomic E-state index is 14.0. The Balaban J connectivity index is 1.17. The minimum absolute atomic E-state index is 0.0329. The van der Waals surface area contributed by atoms with Crippen LogP contribution in [0.3, 0.4) is 0 Å². The van der Waals surface area contributed by atoms with E-state index in [2.05, 4.69) is 24.3 Å². The van der Waals surface area contributed by atoms with Crippen LogP contribution in [-0.2, 0) is 14.8 Å². The van der Waals surface area contributed by atoms with E-state index in [4.69, 9.17) is 0 Å². The molecule has 1 atom stereocenters. The van der Waals surface area contributed by atoms with Crippen LogP contribution in [0.5, 0.6) is 0 Å². The number of benzene rings is 2. The molecule has 4 aromatic rings. The summed E-state index contributed by atoms with van der Waals surface area (Å²) < 4.78 is 47.0. The fraction of sp³-hybridized carbons (Fsp3) is 0.292. The van der Waals surface area contributed by atoms with Crippen molar-refractivity contribution in [2.24, 2.45) is 0 Å². The third kappa shape index (κ3) is 4.91. The molecule has 1 aliphatic heterocycles. The molecule has 1 saturated heterocycles. The summed E-state index contributed by atoms with van der Waals surface area (Å²) in [5.74, 6) is -0.405. The van der Waals surface area contributed by atoms with Crippen molar-refractivity contribution in [1.82, 2.24) is 19.2 Å². The highest BCUT2D eigenvalue weighted by molar-refractivity contribution is 7.93. The number of carbonyl (C=O) groups excluding carboxylic acids is 1. The number of aromatic nitrogens is 3. The van der Waals surface area contributed by atoms with Crippen molar-refractivity contribution in [2.75, 3.05) is 22.7 Å². The molecule has 0 radical (unpaired) electrons. The fourth-order valence-corrected chi connectivity index (χ4v) is 6.11. The predicted molar refractivity (Wildman–Crippen MR) is 137 cm³/mol. The Morgan fingerprint density at radius 2 is 1.89 bits per heavy atom. The molecule has 12 heteroatoms. The second kappa shape index (κ2) is 9.86. The smallest absolute Gasteiger partial charge is 0.263 e. The summed E-state index contributed by atoms with van der Waals surface area (Å²) in [5, 5.41) is 3.85. The van der Waals surface area contributed by atoms with Crippen LogP contribution >= 0.6 is 11.5 Å². The molecule has 0 unspecified atom stereocenters. The van der Waals surface area contributed by atoms with Crippen LogP contribution in [0, 0.1) is 5.82 Å². The minimum Gasteiger partial charge on any atom is -0.371 e. The Morgan fingerprint density at radius 1 is 1.14 bits per heavy atom. The molecule has 3 heterocycles. The first kappa shape index (κ1) is 24.2. The van der Waals surface area contributed by atoms with Gasteiger partial charge in [0.1, 0.15) is 18.2 Å². The van der Waals surface area contributed by atoms with Gasteiger partial charge in [-0.25, -0.2) is 17.8 Å². The van der Waals surface area contributed by atoms with Crippen molar-refractivity contribution in [1.29, 1.82) is 0 Å². The number of amides is 1. The first-order chi connectivity index (χ1) is 17.3. The van der Waals surface area contributed by atoms with Crippen LogP contribution in [0.1, 0.15) is 25.8 Å². The molecule has 36 heavy (non-hydrogen) atoms. The summed E-state index contributed by atoms with van der Waals surface area (Å²) in [7, 11) is -3.73. The molecule has 2 aromatic carbocycles. The zero-order chi connectivity index (χ0) is 25.3. The third-order valence-electron chi connectivity index (χ3n) is 6.44. The molecule has 188 valence electrons. The Bertz CT molecular complexity index is 1460. The maximum Gasteiger partial charge on any atom is 0.263 e. The highest BCUT2D eigenvalue weighted by Gasteiger charge is 2.25. The van der Waals surface area contributed by atoms with Crippen molar-refractivity contribution >= 4 is 49.2 Å². The lowest BCUT2D eigenvalue weighted by atomic mass is 10.0. The number of sulfonamides is 1. The molecule has 2 N–H and O–H groups in total. The third-order valence-corrected chi connectivity index (χ3v) is 8.51. The lowest BCUT2D eigenvalue weighted by molar-refractivity contribution is -0.124. The van der Waals surface area contributed by atoms with E-state index in [0.717, 1.165) is 43.2 Å². The summed E-state index contributed by atoms with van der Waals surface area (Å²) in [6.45, 7) is 3.27. The lowest BCUT2D eigenvalue weighted by Crippen LogP contribution is -2.46. The van der Waals surface area contributed by atoms with Gasteiger partial charge in [0.25, 0.3) is 10.0 Å². The minimum atomic E-state index is -3.73. The van der Waals surface area contributed by atoms with E-state index in [-0.39, 0.29) is 27.8 Å². The molecule has 5 rings (SSSR count). The molecule has 9 nitrogen and oxygen atoms in total. The topological polar surface area (TPSA) is 109 Å². The molecular weight excluding hydrogens is 503 g/mol. The number of fused-ring (bicyclic) bond motifs is 1. The van der Waals surface area contributed by atoms with Crippen LogP contribution in [0.25, 0.3) is 10.9 Å². The molecule has 2 aromatic heterocycles. The average molecular weight is 529 g/mol. The van der Waals surface area contributed by atoms with Gasteiger partial charge in [-0.2, -0.15) is 4.37 Å². The van der Waals surface area contributed by atoms with Crippen LogP contribution in [0.2, 0.25) is 0 Å². The van der Waals surface area contributed by atoms with Crippen LogP contribution in [-0.4, -0.2) is 47.4 Å². The van der Waals surface area contributed by atoms with E-state index in [9.17, 15) is 17.6 Å². The predicted octanol–water partition coefficient (Wildman–Crippen LogP) is 3.78. The van der Waals surface area contributed by atoms with Gasteiger partial charge in [0, 0.05) is 47.9 Å². The molecule has 1 aliphatic rings. The molecule has 1 fully saturated rings. The van der Waals surface area contributed by atoms with Gasteiger partial charge in [-0.3, -0.25) is 9.52 Å². The van der Waals surface area contributed by atoms with Gasteiger partial charge in [0.15, 0.2) is 0 Å². The van der Waals surface area contributed by atoms with Crippen molar-refractivity contribution in [3.8, 4) is 0 Å². The van der Waals surface area contributed by atoms with Crippen molar-refractivity contribution in [3.05, 3.63) is 66.9 Å². The SMILES string of the molecule is C[C@@H](C(=O)NC1CCN(c2ccc(S(=O)(=O)Nc3ncns3)cc2)CC1)n1ccc2c(F)cccc21. The molecule has 1 amide bonds. The van der Waals surface area contributed by atoms with Gasteiger partial charge in [-0.15, -0.1) is 0 Å². The Kier molecular flexibility index (Phi) is 6.63. The first-order valence-electron chi connectivity index (χ1n) is 11.5. The van der Waals surface area contributed by atoms with E-state index in [0.29, 0.717) is 10.9 Å². The van der Waals surface area contributed by atoms with Gasteiger partial charge in [-0.1, -0.05) is 6.07 Å². The summed E-state index contributed by atoms with van der Waals surface area (Å²) in [5.41, 5.74) is 1.61. The van der Waals surface area contributed by atoms with Crippen molar-refractivity contribution in [2.45, 2.75) is 36.7 Å². The number of piperidine rings is 1. The normalized spacial score (nSPS) is 15.7. The highest BCUT2D eigenvalue weighted by atomic mass is 32.2. The molecule has 0 saturated carbocycles. The Labute approximate surface area is 212 Å². The Morgan fingerprint density at radius 3 is 2.58 bits per heavy atom. The molecular formula is C24H25FN6O3S2. The number of hydrogen-bond acceptors (Lipinski definition) is 7. The zero-order valence-corrected chi connectivity index (χ0v) is 21.1. The van der Waals surface area contributed by atoms with E-state index in [1.54, 1.807) is 47.2 Å².